The number of nitrogens with one attached hydrogen (secondary N) is 2. The molecule has 3 heteroatoms. The van der Waals surface area contributed by atoms with Gasteiger partial charge >= 0.3 is 0 Å². The summed E-state index contributed by atoms with van der Waals surface area (Å²) in [6, 6.07) is 4.93. The molecule has 2 heterocycles. The van der Waals surface area contributed by atoms with E-state index in [-0.39, 0.29) is 0 Å². The van der Waals surface area contributed by atoms with Crippen LogP contribution in [0.4, 0.5) is 0 Å². The average Bonchev–Trinajstić information content (AvgIpc) is 3.07. The standard InChI is InChI=1S/C17H23N3/c1-10-8-11(2)13(4)17(12(10)3)16-9-15(19-20-16)14-6-5-7-18-14/h8-9,14,18H,5-7H2,1-4H3,(H,19,20). The third-order valence-corrected chi connectivity index (χ3v) is 4.66. The first-order valence-corrected chi connectivity index (χ1v) is 7.44. The van der Waals surface area contributed by atoms with E-state index in [4.69, 9.17) is 0 Å². The van der Waals surface area contributed by atoms with E-state index in [0.717, 1.165) is 12.2 Å². The molecule has 0 saturated carbocycles. The summed E-state index contributed by atoms with van der Waals surface area (Å²) >= 11 is 0. The van der Waals surface area contributed by atoms with Crippen molar-refractivity contribution < 1.29 is 0 Å². The Morgan fingerprint density at radius 3 is 2.35 bits per heavy atom. The summed E-state index contributed by atoms with van der Waals surface area (Å²) in [5.41, 5.74) is 8.95. The Kier molecular flexibility index (Phi) is 3.38. The van der Waals surface area contributed by atoms with E-state index in [1.807, 2.05) is 0 Å². The molecular weight excluding hydrogens is 246 g/mol. The van der Waals surface area contributed by atoms with Crippen LogP contribution in [0.1, 0.15) is 46.8 Å². The number of aromatic amines is 1. The highest BCUT2D eigenvalue weighted by molar-refractivity contribution is 5.70. The van der Waals surface area contributed by atoms with Gasteiger partial charge in [-0.3, -0.25) is 5.10 Å². The molecule has 3 rings (SSSR count). The first kappa shape index (κ1) is 13.4. The molecule has 2 aromatic rings. The van der Waals surface area contributed by atoms with Gasteiger partial charge in [0.15, 0.2) is 0 Å². The lowest BCUT2D eigenvalue weighted by molar-refractivity contribution is 0.625. The monoisotopic (exact) mass is 269 g/mol. The predicted octanol–water partition coefficient (Wildman–Crippen LogP) is 3.73. The fourth-order valence-corrected chi connectivity index (χ4v) is 3.19. The van der Waals surface area contributed by atoms with E-state index in [9.17, 15) is 0 Å². The minimum absolute atomic E-state index is 0.447. The van der Waals surface area contributed by atoms with Crippen LogP contribution in [-0.2, 0) is 0 Å². The third-order valence-electron chi connectivity index (χ3n) is 4.66. The number of H-pyrrole nitrogens is 1. The minimum atomic E-state index is 0.447. The SMILES string of the molecule is Cc1cc(C)c(C)c(-c2cc(C3CCCN3)[nH]n2)c1C. The second-order valence-electron chi connectivity index (χ2n) is 5.99. The third kappa shape index (κ3) is 2.16. The van der Waals surface area contributed by atoms with Crippen molar-refractivity contribution in [2.75, 3.05) is 6.54 Å². The fourth-order valence-electron chi connectivity index (χ4n) is 3.19. The molecule has 3 nitrogen and oxygen atoms in total. The van der Waals surface area contributed by atoms with E-state index in [1.54, 1.807) is 0 Å². The highest BCUT2D eigenvalue weighted by Crippen LogP contribution is 2.32. The van der Waals surface area contributed by atoms with Crippen molar-refractivity contribution in [1.82, 2.24) is 15.5 Å². The number of aryl methyl sites for hydroxylation is 2. The molecule has 0 bridgehead atoms. The van der Waals surface area contributed by atoms with Crippen LogP contribution in [0.15, 0.2) is 12.1 Å². The molecule has 1 saturated heterocycles. The molecule has 1 aliphatic heterocycles. The van der Waals surface area contributed by atoms with Gasteiger partial charge in [-0.25, -0.2) is 0 Å². The Balaban J connectivity index is 2.05. The molecule has 1 aromatic heterocycles. The molecule has 0 spiro atoms. The lowest BCUT2D eigenvalue weighted by Crippen LogP contribution is -2.12. The van der Waals surface area contributed by atoms with Gasteiger partial charge in [0.05, 0.1) is 11.4 Å². The minimum Gasteiger partial charge on any atom is -0.309 e. The van der Waals surface area contributed by atoms with Crippen molar-refractivity contribution in [2.24, 2.45) is 0 Å². The van der Waals surface area contributed by atoms with Gasteiger partial charge in [-0.2, -0.15) is 5.10 Å². The van der Waals surface area contributed by atoms with E-state index >= 15 is 0 Å². The van der Waals surface area contributed by atoms with Crippen LogP contribution >= 0.6 is 0 Å². The van der Waals surface area contributed by atoms with Gasteiger partial charge in [0.25, 0.3) is 0 Å². The first-order chi connectivity index (χ1) is 9.58. The molecule has 0 aliphatic carbocycles. The van der Waals surface area contributed by atoms with Gasteiger partial charge < -0.3 is 5.32 Å². The predicted molar refractivity (Wildman–Crippen MR) is 82.9 cm³/mol. The van der Waals surface area contributed by atoms with Crippen molar-refractivity contribution in [3.05, 3.63) is 40.1 Å². The zero-order chi connectivity index (χ0) is 14.3. The second-order valence-corrected chi connectivity index (χ2v) is 5.99. The molecule has 1 aromatic carbocycles. The van der Waals surface area contributed by atoms with Crippen LogP contribution in [-0.4, -0.2) is 16.7 Å². The summed E-state index contributed by atoms with van der Waals surface area (Å²) in [7, 11) is 0. The van der Waals surface area contributed by atoms with Crippen molar-refractivity contribution in [3.8, 4) is 11.3 Å². The molecule has 1 fully saturated rings. The highest BCUT2D eigenvalue weighted by Gasteiger charge is 2.20. The van der Waals surface area contributed by atoms with Crippen molar-refractivity contribution in [2.45, 2.75) is 46.6 Å². The van der Waals surface area contributed by atoms with E-state index < -0.39 is 0 Å². The molecule has 1 unspecified atom stereocenters. The van der Waals surface area contributed by atoms with Gasteiger partial charge in [0.2, 0.25) is 0 Å². The average molecular weight is 269 g/mol. The molecule has 1 aliphatic rings. The Bertz CT molecular complexity index is 608. The van der Waals surface area contributed by atoms with Crippen molar-refractivity contribution in [3.63, 3.8) is 0 Å². The fraction of sp³-hybridized carbons (Fsp3) is 0.471. The second kappa shape index (κ2) is 5.06. The number of hydrogen-bond acceptors (Lipinski definition) is 2. The van der Waals surface area contributed by atoms with Gasteiger partial charge in [0.1, 0.15) is 0 Å². The molecule has 1 atom stereocenters. The Morgan fingerprint density at radius 1 is 1.05 bits per heavy atom. The number of hydrogen-bond donors (Lipinski definition) is 2. The summed E-state index contributed by atoms with van der Waals surface area (Å²) in [4.78, 5) is 0. The maximum atomic E-state index is 4.57. The van der Waals surface area contributed by atoms with Crippen LogP contribution in [0.25, 0.3) is 11.3 Å². The number of aromatic nitrogens is 2. The van der Waals surface area contributed by atoms with Gasteiger partial charge in [-0.15, -0.1) is 0 Å². The van der Waals surface area contributed by atoms with Gasteiger partial charge in [-0.1, -0.05) is 6.07 Å². The van der Waals surface area contributed by atoms with E-state index in [2.05, 4.69) is 55.3 Å². The molecule has 106 valence electrons. The number of nitrogens with zero attached hydrogens (tertiary/aromatic N) is 1. The maximum absolute atomic E-state index is 4.57. The topological polar surface area (TPSA) is 40.7 Å². The molecule has 0 amide bonds. The van der Waals surface area contributed by atoms with Crippen molar-refractivity contribution >= 4 is 0 Å². The number of rotatable bonds is 2. The smallest absolute Gasteiger partial charge is 0.0929 e. The van der Waals surface area contributed by atoms with Crippen LogP contribution in [0.5, 0.6) is 0 Å². The van der Waals surface area contributed by atoms with Crippen LogP contribution in [0.3, 0.4) is 0 Å². The van der Waals surface area contributed by atoms with E-state index in [0.29, 0.717) is 6.04 Å². The maximum Gasteiger partial charge on any atom is 0.0929 e. The lowest BCUT2D eigenvalue weighted by Gasteiger charge is -2.13. The summed E-state index contributed by atoms with van der Waals surface area (Å²) in [5, 5.41) is 11.3. The Morgan fingerprint density at radius 2 is 1.75 bits per heavy atom. The summed E-state index contributed by atoms with van der Waals surface area (Å²) < 4.78 is 0. The molecule has 0 radical (unpaired) electrons. The number of benzene rings is 1. The summed E-state index contributed by atoms with van der Waals surface area (Å²) in [5.74, 6) is 0. The molecule has 2 N–H and O–H groups in total. The zero-order valence-electron chi connectivity index (χ0n) is 12.8. The normalized spacial score (nSPS) is 18.7. The van der Waals surface area contributed by atoms with Gasteiger partial charge in [0, 0.05) is 11.6 Å². The van der Waals surface area contributed by atoms with Crippen LogP contribution in [0.2, 0.25) is 0 Å². The van der Waals surface area contributed by atoms with Gasteiger partial charge in [-0.05, 0) is 75.4 Å². The summed E-state index contributed by atoms with van der Waals surface area (Å²) in [6.07, 6.45) is 2.45. The quantitative estimate of drug-likeness (QED) is 0.872. The Hall–Kier alpha value is -1.61. The van der Waals surface area contributed by atoms with E-state index in [1.165, 1.54) is 46.4 Å². The Labute approximate surface area is 120 Å². The largest absolute Gasteiger partial charge is 0.309 e. The summed E-state index contributed by atoms with van der Waals surface area (Å²) in [6.45, 7) is 9.86. The van der Waals surface area contributed by atoms with Crippen LogP contribution < -0.4 is 5.32 Å². The molecule has 20 heavy (non-hydrogen) atoms. The highest BCUT2D eigenvalue weighted by atomic mass is 15.1. The zero-order valence-corrected chi connectivity index (χ0v) is 12.8. The van der Waals surface area contributed by atoms with Crippen molar-refractivity contribution in [1.29, 1.82) is 0 Å². The van der Waals surface area contributed by atoms with Crippen LogP contribution in [0, 0.1) is 27.7 Å². The lowest BCUT2D eigenvalue weighted by atomic mass is 9.92. The molecular formula is C17H23N3. The first-order valence-electron chi connectivity index (χ1n) is 7.44.